The number of hydrogen-bond acceptors (Lipinski definition) is 1. The van der Waals surface area contributed by atoms with Crippen LogP contribution in [0, 0.1) is 0 Å². The van der Waals surface area contributed by atoms with Crippen LogP contribution in [-0.4, -0.2) is 18.0 Å². The van der Waals surface area contributed by atoms with E-state index in [1.165, 1.54) is 50.9 Å². The summed E-state index contributed by atoms with van der Waals surface area (Å²) >= 11 is 0. The molecule has 0 aromatic carbocycles. The Morgan fingerprint density at radius 3 is 2.50 bits per heavy atom. The largest absolute Gasteiger partial charge is 0.372 e. The first-order valence-corrected chi connectivity index (χ1v) is 5.08. The molecule has 12 heavy (non-hydrogen) atoms. The van der Waals surface area contributed by atoms with Crippen molar-refractivity contribution >= 4 is 0 Å². The van der Waals surface area contributed by atoms with Gasteiger partial charge in [0.2, 0.25) is 0 Å². The third kappa shape index (κ3) is 1.71. The highest BCUT2D eigenvalue weighted by Gasteiger charge is 2.11. The predicted molar refractivity (Wildman–Crippen MR) is 51.9 cm³/mol. The molecule has 0 radical (unpaired) electrons. The summed E-state index contributed by atoms with van der Waals surface area (Å²) in [4.78, 5) is 2.53. The van der Waals surface area contributed by atoms with E-state index >= 15 is 0 Å². The van der Waals surface area contributed by atoms with Crippen LogP contribution in [0.3, 0.4) is 0 Å². The van der Waals surface area contributed by atoms with Gasteiger partial charge < -0.3 is 4.90 Å². The van der Waals surface area contributed by atoms with Crippen LogP contribution in [-0.2, 0) is 0 Å². The van der Waals surface area contributed by atoms with E-state index in [0.717, 1.165) is 0 Å². The molecule has 0 amide bonds. The van der Waals surface area contributed by atoms with E-state index in [1.807, 2.05) is 0 Å². The fraction of sp³-hybridized carbons (Fsp3) is 0.636. The summed E-state index contributed by atoms with van der Waals surface area (Å²) in [7, 11) is 0. The van der Waals surface area contributed by atoms with Crippen molar-refractivity contribution in [3.05, 3.63) is 23.9 Å². The molecule has 1 heteroatoms. The van der Waals surface area contributed by atoms with Gasteiger partial charge >= 0.3 is 0 Å². The Balaban J connectivity index is 1.97. The molecule has 0 saturated carbocycles. The van der Waals surface area contributed by atoms with Crippen molar-refractivity contribution in [2.45, 2.75) is 32.1 Å². The second-order valence-corrected chi connectivity index (χ2v) is 3.66. The SMILES string of the molecule is C1=CC(N2CCCCC2)=CCC1. The lowest BCUT2D eigenvalue weighted by atomic mass is 10.1. The molecule has 1 saturated heterocycles. The highest BCUT2D eigenvalue weighted by molar-refractivity contribution is 5.21. The summed E-state index contributed by atoms with van der Waals surface area (Å²) < 4.78 is 0. The number of hydrogen-bond donors (Lipinski definition) is 0. The minimum absolute atomic E-state index is 1.23. The minimum atomic E-state index is 1.23. The second-order valence-electron chi connectivity index (χ2n) is 3.66. The van der Waals surface area contributed by atoms with E-state index in [4.69, 9.17) is 0 Å². The fourth-order valence-electron chi connectivity index (χ4n) is 1.99. The van der Waals surface area contributed by atoms with Gasteiger partial charge in [-0.15, -0.1) is 0 Å². The monoisotopic (exact) mass is 163 g/mol. The van der Waals surface area contributed by atoms with Crippen LogP contribution >= 0.6 is 0 Å². The second kappa shape index (κ2) is 3.79. The van der Waals surface area contributed by atoms with Crippen LogP contribution in [0.4, 0.5) is 0 Å². The van der Waals surface area contributed by atoms with Gasteiger partial charge in [-0.2, -0.15) is 0 Å². The van der Waals surface area contributed by atoms with E-state index < -0.39 is 0 Å². The molecule has 1 nitrogen and oxygen atoms in total. The number of allylic oxidation sites excluding steroid dienone is 3. The third-order valence-electron chi connectivity index (χ3n) is 2.70. The third-order valence-corrected chi connectivity index (χ3v) is 2.70. The molecule has 0 aromatic rings. The lowest BCUT2D eigenvalue weighted by molar-refractivity contribution is 0.291. The molecule has 1 aliphatic heterocycles. The van der Waals surface area contributed by atoms with Crippen LogP contribution in [0.25, 0.3) is 0 Å². The zero-order valence-electron chi connectivity index (χ0n) is 7.63. The highest BCUT2D eigenvalue weighted by Crippen LogP contribution is 2.19. The van der Waals surface area contributed by atoms with Crippen LogP contribution in [0.5, 0.6) is 0 Å². The van der Waals surface area contributed by atoms with Gasteiger partial charge in [0.1, 0.15) is 0 Å². The highest BCUT2D eigenvalue weighted by atomic mass is 15.1. The van der Waals surface area contributed by atoms with Gasteiger partial charge in [-0.1, -0.05) is 12.2 Å². The van der Waals surface area contributed by atoms with Crippen molar-refractivity contribution < 1.29 is 0 Å². The predicted octanol–water partition coefficient (Wildman–Crippen LogP) is 2.71. The molecule has 0 bridgehead atoms. The average Bonchev–Trinajstić information content (AvgIpc) is 2.21. The lowest BCUT2D eigenvalue weighted by Crippen LogP contribution is -2.28. The van der Waals surface area contributed by atoms with Crippen LogP contribution in [0.1, 0.15) is 32.1 Å². The van der Waals surface area contributed by atoms with Crippen LogP contribution in [0.2, 0.25) is 0 Å². The molecule has 1 fully saturated rings. The van der Waals surface area contributed by atoms with Crippen molar-refractivity contribution in [3.63, 3.8) is 0 Å². The van der Waals surface area contributed by atoms with Crippen molar-refractivity contribution in [1.82, 2.24) is 4.90 Å². The summed E-state index contributed by atoms with van der Waals surface area (Å²) in [5.74, 6) is 0. The Labute approximate surface area is 74.8 Å². The van der Waals surface area contributed by atoms with Gasteiger partial charge in [0.05, 0.1) is 0 Å². The maximum absolute atomic E-state index is 2.53. The van der Waals surface area contributed by atoms with E-state index in [1.54, 1.807) is 0 Å². The molecule has 0 unspecified atom stereocenters. The van der Waals surface area contributed by atoms with E-state index in [2.05, 4.69) is 23.1 Å². The van der Waals surface area contributed by atoms with Gasteiger partial charge in [0.15, 0.2) is 0 Å². The molecule has 0 N–H and O–H groups in total. The Kier molecular flexibility index (Phi) is 2.50. The zero-order chi connectivity index (χ0) is 8.23. The molecule has 2 rings (SSSR count). The van der Waals surface area contributed by atoms with E-state index in [9.17, 15) is 0 Å². The summed E-state index contributed by atoms with van der Waals surface area (Å²) in [6.07, 6.45) is 13.6. The summed E-state index contributed by atoms with van der Waals surface area (Å²) in [5.41, 5.74) is 1.47. The number of nitrogens with zero attached hydrogens (tertiary/aromatic N) is 1. The Morgan fingerprint density at radius 2 is 1.83 bits per heavy atom. The van der Waals surface area contributed by atoms with Gasteiger partial charge in [-0.25, -0.2) is 0 Å². The number of likely N-dealkylation sites (tertiary alicyclic amines) is 1. The smallest absolute Gasteiger partial charge is 0.0322 e. The van der Waals surface area contributed by atoms with Gasteiger partial charge in [0.25, 0.3) is 0 Å². The van der Waals surface area contributed by atoms with Gasteiger partial charge in [-0.3, -0.25) is 0 Å². The molecule has 0 spiro atoms. The first kappa shape index (κ1) is 7.90. The van der Waals surface area contributed by atoms with Crippen molar-refractivity contribution in [2.75, 3.05) is 13.1 Å². The van der Waals surface area contributed by atoms with Crippen molar-refractivity contribution in [3.8, 4) is 0 Å². The maximum Gasteiger partial charge on any atom is 0.0322 e. The molecule has 66 valence electrons. The van der Waals surface area contributed by atoms with Gasteiger partial charge in [-0.05, 0) is 38.2 Å². The van der Waals surface area contributed by atoms with Crippen molar-refractivity contribution in [2.24, 2.45) is 0 Å². The lowest BCUT2D eigenvalue weighted by Gasteiger charge is -2.30. The Bertz CT molecular complexity index is 197. The molecular formula is C11H17N. The summed E-state index contributed by atoms with van der Waals surface area (Å²) in [5, 5.41) is 0. The topological polar surface area (TPSA) is 3.24 Å². The molecule has 1 aliphatic carbocycles. The normalized spacial score (nSPS) is 24.0. The molecule has 0 aromatic heterocycles. The molecule has 1 heterocycles. The molecular weight excluding hydrogens is 146 g/mol. The quantitative estimate of drug-likeness (QED) is 0.574. The van der Waals surface area contributed by atoms with E-state index in [0.29, 0.717) is 0 Å². The average molecular weight is 163 g/mol. The van der Waals surface area contributed by atoms with Gasteiger partial charge in [0, 0.05) is 18.8 Å². The first-order valence-electron chi connectivity index (χ1n) is 5.08. The van der Waals surface area contributed by atoms with Crippen LogP contribution < -0.4 is 0 Å². The summed E-state index contributed by atoms with van der Waals surface area (Å²) in [6.45, 7) is 2.55. The van der Waals surface area contributed by atoms with Crippen molar-refractivity contribution in [1.29, 1.82) is 0 Å². The number of piperidine rings is 1. The zero-order valence-corrected chi connectivity index (χ0v) is 7.63. The summed E-state index contributed by atoms with van der Waals surface area (Å²) in [6, 6.07) is 0. The minimum Gasteiger partial charge on any atom is -0.372 e. The maximum atomic E-state index is 2.53. The first-order chi connectivity index (χ1) is 5.97. The number of rotatable bonds is 1. The van der Waals surface area contributed by atoms with Crippen LogP contribution in [0.15, 0.2) is 23.9 Å². The fourth-order valence-corrected chi connectivity index (χ4v) is 1.99. The van der Waals surface area contributed by atoms with E-state index in [-0.39, 0.29) is 0 Å². The standard InChI is InChI=1S/C11H17N/c1-3-7-11(8-4-1)12-9-5-2-6-10-12/h3,7-8H,1-2,4-6,9-10H2. The Hall–Kier alpha value is -0.720. The Morgan fingerprint density at radius 1 is 1.00 bits per heavy atom. The molecule has 0 atom stereocenters. The molecule has 2 aliphatic rings.